The second-order valence-corrected chi connectivity index (χ2v) is 6.07. The van der Waals surface area contributed by atoms with E-state index in [1.165, 1.54) is 18.9 Å². The molecule has 1 saturated heterocycles. The quantitative estimate of drug-likeness (QED) is 0.758. The highest BCUT2D eigenvalue weighted by Gasteiger charge is 2.44. The summed E-state index contributed by atoms with van der Waals surface area (Å²) >= 11 is 0. The molecule has 0 saturated carbocycles. The molecule has 1 heterocycles. The number of anilines is 2. The number of hydrogen-bond donors (Lipinski definition) is 0. The van der Waals surface area contributed by atoms with Crippen molar-refractivity contribution in [1.82, 2.24) is 0 Å². The van der Waals surface area contributed by atoms with Crippen LogP contribution in [0.15, 0.2) is 48.5 Å². The maximum atomic E-state index is 13.0. The van der Waals surface area contributed by atoms with Gasteiger partial charge in [-0.1, -0.05) is 0 Å². The van der Waals surface area contributed by atoms with Gasteiger partial charge in [-0.3, -0.25) is 19.3 Å². The number of hydrogen-bond acceptors (Lipinski definition) is 5. The Balaban J connectivity index is 1.91. The standard InChI is InChI=1S/C20H20N2O5/c1-13(23)21(14-4-8-16(26-2)9-5-14)18-12-19(24)22(20(18)25)15-6-10-17(27-3)11-7-15/h4-11,18H,12H2,1-3H3/t18-/m1/s1. The summed E-state index contributed by atoms with van der Waals surface area (Å²) in [5, 5.41) is 0. The van der Waals surface area contributed by atoms with Crippen molar-refractivity contribution in [2.45, 2.75) is 19.4 Å². The van der Waals surface area contributed by atoms with E-state index in [1.54, 1.807) is 55.6 Å². The van der Waals surface area contributed by atoms with E-state index >= 15 is 0 Å². The fraction of sp³-hybridized carbons (Fsp3) is 0.250. The fourth-order valence-corrected chi connectivity index (χ4v) is 3.14. The molecule has 0 N–H and O–H groups in total. The number of imide groups is 1. The summed E-state index contributed by atoms with van der Waals surface area (Å²) in [5.41, 5.74) is 0.984. The molecule has 1 atom stereocenters. The molecule has 27 heavy (non-hydrogen) atoms. The lowest BCUT2D eigenvalue weighted by Gasteiger charge is -2.26. The van der Waals surface area contributed by atoms with Gasteiger partial charge in [0.05, 0.1) is 26.3 Å². The summed E-state index contributed by atoms with van der Waals surface area (Å²) in [4.78, 5) is 40.2. The smallest absolute Gasteiger partial charge is 0.257 e. The molecule has 7 nitrogen and oxygen atoms in total. The molecule has 2 aromatic carbocycles. The maximum absolute atomic E-state index is 13.0. The summed E-state index contributed by atoms with van der Waals surface area (Å²) in [6.45, 7) is 1.37. The predicted molar refractivity (Wildman–Crippen MR) is 100 cm³/mol. The molecule has 0 radical (unpaired) electrons. The molecule has 0 aliphatic carbocycles. The first-order valence-corrected chi connectivity index (χ1v) is 8.41. The zero-order valence-corrected chi connectivity index (χ0v) is 15.3. The highest BCUT2D eigenvalue weighted by Crippen LogP contribution is 2.30. The molecule has 1 aliphatic rings. The Morgan fingerprint density at radius 3 is 1.96 bits per heavy atom. The summed E-state index contributed by atoms with van der Waals surface area (Å²) in [6.07, 6.45) is -0.0729. The van der Waals surface area contributed by atoms with Gasteiger partial charge in [-0.05, 0) is 48.5 Å². The van der Waals surface area contributed by atoms with Gasteiger partial charge in [-0.25, -0.2) is 4.90 Å². The molecule has 0 aromatic heterocycles. The molecule has 0 spiro atoms. The topological polar surface area (TPSA) is 76.2 Å². The SMILES string of the molecule is COc1ccc(N2C(=O)C[C@@H](N(C(C)=O)c3ccc(OC)cc3)C2=O)cc1. The summed E-state index contributed by atoms with van der Waals surface area (Å²) in [7, 11) is 3.08. The van der Waals surface area contributed by atoms with Crippen LogP contribution in [0.3, 0.4) is 0 Å². The van der Waals surface area contributed by atoms with Crippen molar-refractivity contribution in [2.75, 3.05) is 24.0 Å². The van der Waals surface area contributed by atoms with Gasteiger partial charge in [0.1, 0.15) is 17.5 Å². The molecule has 3 rings (SSSR count). The normalized spacial score (nSPS) is 16.4. The molecular weight excluding hydrogens is 348 g/mol. The number of amides is 3. The summed E-state index contributed by atoms with van der Waals surface area (Å²) in [6, 6.07) is 12.5. The zero-order valence-electron chi connectivity index (χ0n) is 15.3. The maximum Gasteiger partial charge on any atom is 0.257 e. The van der Waals surface area contributed by atoms with E-state index in [0.717, 1.165) is 4.90 Å². The van der Waals surface area contributed by atoms with Crippen LogP contribution < -0.4 is 19.3 Å². The van der Waals surface area contributed by atoms with Crippen LogP contribution in [0.2, 0.25) is 0 Å². The van der Waals surface area contributed by atoms with Gasteiger partial charge in [-0.2, -0.15) is 0 Å². The van der Waals surface area contributed by atoms with Crippen LogP contribution in [0, 0.1) is 0 Å². The average molecular weight is 368 g/mol. The molecule has 3 amide bonds. The zero-order chi connectivity index (χ0) is 19.6. The number of carbonyl (C=O) groups is 3. The molecular formula is C20H20N2O5. The lowest BCUT2D eigenvalue weighted by molar-refractivity contribution is -0.123. The Kier molecular flexibility index (Phi) is 5.12. The third kappa shape index (κ3) is 3.48. The second kappa shape index (κ2) is 7.49. The minimum atomic E-state index is -0.884. The predicted octanol–water partition coefficient (Wildman–Crippen LogP) is 2.39. The molecule has 2 aromatic rings. The van der Waals surface area contributed by atoms with E-state index in [0.29, 0.717) is 22.9 Å². The van der Waals surface area contributed by atoms with Crippen molar-refractivity contribution in [3.8, 4) is 11.5 Å². The Morgan fingerprint density at radius 1 is 0.963 bits per heavy atom. The summed E-state index contributed by atoms with van der Waals surface area (Å²) in [5.74, 6) is 0.155. The lowest BCUT2D eigenvalue weighted by atomic mass is 10.1. The van der Waals surface area contributed by atoms with Crippen LogP contribution in [0.5, 0.6) is 11.5 Å². The number of nitrogens with zero attached hydrogens (tertiary/aromatic N) is 2. The minimum Gasteiger partial charge on any atom is -0.497 e. The van der Waals surface area contributed by atoms with Crippen molar-refractivity contribution in [3.05, 3.63) is 48.5 Å². The van der Waals surface area contributed by atoms with Gasteiger partial charge >= 0.3 is 0 Å². The molecule has 1 fully saturated rings. The molecule has 1 aliphatic heterocycles. The number of benzene rings is 2. The first-order valence-electron chi connectivity index (χ1n) is 8.41. The molecule has 0 unspecified atom stereocenters. The number of carbonyl (C=O) groups excluding carboxylic acids is 3. The van der Waals surface area contributed by atoms with Gasteiger partial charge in [0.15, 0.2) is 0 Å². The van der Waals surface area contributed by atoms with Crippen molar-refractivity contribution >= 4 is 29.1 Å². The van der Waals surface area contributed by atoms with Gasteiger partial charge < -0.3 is 9.47 Å². The molecule has 7 heteroatoms. The van der Waals surface area contributed by atoms with E-state index in [4.69, 9.17) is 9.47 Å². The number of ether oxygens (including phenoxy) is 2. The van der Waals surface area contributed by atoms with Gasteiger partial charge in [0.2, 0.25) is 11.8 Å². The second-order valence-electron chi connectivity index (χ2n) is 6.07. The molecule has 0 bridgehead atoms. The number of methoxy groups -OCH3 is 2. The highest BCUT2D eigenvalue weighted by molar-refractivity contribution is 6.24. The Hall–Kier alpha value is -3.35. The first-order chi connectivity index (χ1) is 13.0. The van der Waals surface area contributed by atoms with Crippen molar-refractivity contribution in [3.63, 3.8) is 0 Å². The van der Waals surface area contributed by atoms with Crippen LogP contribution >= 0.6 is 0 Å². The van der Waals surface area contributed by atoms with Crippen LogP contribution in [-0.4, -0.2) is 38.0 Å². The van der Waals surface area contributed by atoms with E-state index in [1.807, 2.05) is 0 Å². The fourth-order valence-electron chi connectivity index (χ4n) is 3.14. The number of rotatable bonds is 5. The van der Waals surface area contributed by atoms with Crippen LogP contribution in [0.4, 0.5) is 11.4 Å². The highest BCUT2D eigenvalue weighted by atomic mass is 16.5. The van der Waals surface area contributed by atoms with Crippen molar-refractivity contribution in [2.24, 2.45) is 0 Å². The van der Waals surface area contributed by atoms with Gasteiger partial charge in [0.25, 0.3) is 5.91 Å². The largest absolute Gasteiger partial charge is 0.497 e. The first kappa shape index (κ1) is 18.4. The van der Waals surface area contributed by atoms with Gasteiger partial charge in [0, 0.05) is 12.6 Å². The Morgan fingerprint density at radius 2 is 1.48 bits per heavy atom. The molecule has 140 valence electrons. The summed E-state index contributed by atoms with van der Waals surface area (Å²) < 4.78 is 10.2. The Bertz CT molecular complexity index is 861. The third-order valence-corrected chi connectivity index (χ3v) is 4.45. The minimum absolute atomic E-state index is 0.0729. The lowest BCUT2D eigenvalue weighted by Crippen LogP contribution is -2.44. The third-order valence-electron chi connectivity index (χ3n) is 4.45. The van der Waals surface area contributed by atoms with E-state index < -0.39 is 11.9 Å². The van der Waals surface area contributed by atoms with Crippen molar-refractivity contribution in [1.29, 1.82) is 0 Å². The van der Waals surface area contributed by atoms with E-state index in [-0.39, 0.29) is 18.2 Å². The van der Waals surface area contributed by atoms with E-state index in [2.05, 4.69) is 0 Å². The van der Waals surface area contributed by atoms with Crippen LogP contribution in [0.25, 0.3) is 0 Å². The van der Waals surface area contributed by atoms with Gasteiger partial charge in [-0.15, -0.1) is 0 Å². The van der Waals surface area contributed by atoms with Crippen molar-refractivity contribution < 1.29 is 23.9 Å². The van der Waals surface area contributed by atoms with Crippen LogP contribution in [-0.2, 0) is 14.4 Å². The Labute approximate surface area is 157 Å². The van der Waals surface area contributed by atoms with Crippen LogP contribution in [0.1, 0.15) is 13.3 Å². The average Bonchev–Trinajstić information content (AvgIpc) is 2.96. The monoisotopic (exact) mass is 368 g/mol. The van der Waals surface area contributed by atoms with E-state index in [9.17, 15) is 14.4 Å².